The van der Waals surface area contributed by atoms with E-state index in [2.05, 4.69) is 0 Å². The largest absolute Gasteiger partial charge is 0.497 e. The summed E-state index contributed by atoms with van der Waals surface area (Å²) in [6.07, 6.45) is 0.0773. The highest BCUT2D eigenvalue weighted by Gasteiger charge is 2.27. The number of nitriles is 2. The molecule has 0 saturated heterocycles. The standard InChI is InChI=1S/C14H17N3O4S/c1-20-12-5-6-13(21-2)14(11-12)22(18,19)17(9-3-7-15)10-4-8-16/h5-6,11H,3-4,9-10H2,1-2H3. The molecule has 0 aliphatic carbocycles. The first kappa shape index (κ1) is 17.8. The Morgan fingerprint density at radius 1 is 1.09 bits per heavy atom. The van der Waals surface area contributed by atoms with E-state index in [1.807, 2.05) is 12.1 Å². The molecule has 0 aliphatic rings. The molecule has 0 spiro atoms. The molecule has 0 radical (unpaired) electrons. The Kier molecular flexibility index (Phi) is 6.64. The molecule has 0 unspecified atom stereocenters. The molecule has 0 bridgehead atoms. The number of hydrogen-bond acceptors (Lipinski definition) is 6. The van der Waals surface area contributed by atoms with Crippen LogP contribution < -0.4 is 9.47 Å². The Labute approximate surface area is 130 Å². The van der Waals surface area contributed by atoms with Crippen molar-refractivity contribution in [1.29, 1.82) is 10.5 Å². The molecule has 0 N–H and O–H groups in total. The highest BCUT2D eigenvalue weighted by Crippen LogP contribution is 2.30. The zero-order valence-corrected chi connectivity index (χ0v) is 13.3. The van der Waals surface area contributed by atoms with Crippen molar-refractivity contribution in [3.8, 4) is 23.6 Å². The van der Waals surface area contributed by atoms with E-state index >= 15 is 0 Å². The average Bonchev–Trinajstić information content (AvgIpc) is 2.54. The third-order valence-electron chi connectivity index (χ3n) is 2.93. The van der Waals surface area contributed by atoms with Crippen LogP contribution in [-0.4, -0.2) is 40.0 Å². The Morgan fingerprint density at radius 2 is 1.68 bits per heavy atom. The fourth-order valence-electron chi connectivity index (χ4n) is 1.83. The predicted octanol–water partition coefficient (Wildman–Crippen LogP) is 1.52. The van der Waals surface area contributed by atoms with Crippen LogP contribution in [0.4, 0.5) is 0 Å². The molecule has 0 saturated carbocycles. The molecule has 0 fully saturated rings. The van der Waals surface area contributed by atoms with Gasteiger partial charge in [-0.3, -0.25) is 0 Å². The lowest BCUT2D eigenvalue weighted by Gasteiger charge is -2.21. The minimum Gasteiger partial charge on any atom is -0.497 e. The van der Waals surface area contributed by atoms with E-state index in [9.17, 15) is 8.42 Å². The van der Waals surface area contributed by atoms with Crippen molar-refractivity contribution in [3.05, 3.63) is 18.2 Å². The van der Waals surface area contributed by atoms with Gasteiger partial charge in [-0.2, -0.15) is 14.8 Å². The van der Waals surface area contributed by atoms with Crippen molar-refractivity contribution < 1.29 is 17.9 Å². The maximum Gasteiger partial charge on any atom is 0.246 e. The van der Waals surface area contributed by atoms with E-state index in [0.29, 0.717) is 5.75 Å². The van der Waals surface area contributed by atoms with Gasteiger partial charge in [-0.05, 0) is 12.1 Å². The third kappa shape index (κ3) is 4.10. The molecule has 1 rings (SSSR count). The maximum absolute atomic E-state index is 12.8. The third-order valence-corrected chi connectivity index (χ3v) is 4.85. The number of ether oxygens (including phenoxy) is 2. The van der Waals surface area contributed by atoms with Crippen LogP contribution in [0.2, 0.25) is 0 Å². The topological polar surface area (TPSA) is 103 Å². The van der Waals surface area contributed by atoms with Gasteiger partial charge in [0.1, 0.15) is 16.4 Å². The van der Waals surface area contributed by atoms with Gasteiger partial charge in [-0.1, -0.05) is 0 Å². The lowest BCUT2D eigenvalue weighted by Crippen LogP contribution is -2.33. The van der Waals surface area contributed by atoms with Gasteiger partial charge in [0.25, 0.3) is 0 Å². The van der Waals surface area contributed by atoms with Crippen molar-refractivity contribution in [1.82, 2.24) is 4.31 Å². The molecule has 0 heterocycles. The van der Waals surface area contributed by atoms with E-state index in [-0.39, 0.29) is 36.6 Å². The van der Waals surface area contributed by atoms with E-state index in [1.165, 1.54) is 26.4 Å². The summed E-state index contributed by atoms with van der Waals surface area (Å²) in [5, 5.41) is 17.4. The number of benzene rings is 1. The summed E-state index contributed by atoms with van der Waals surface area (Å²) in [5.41, 5.74) is 0. The van der Waals surface area contributed by atoms with Gasteiger partial charge >= 0.3 is 0 Å². The number of nitrogens with zero attached hydrogens (tertiary/aromatic N) is 3. The average molecular weight is 323 g/mol. The smallest absolute Gasteiger partial charge is 0.246 e. The summed E-state index contributed by atoms with van der Waals surface area (Å²) in [6, 6.07) is 8.26. The molecule has 0 amide bonds. The summed E-state index contributed by atoms with van der Waals surface area (Å²) in [5.74, 6) is 0.555. The molecule has 0 aromatic heterocycles. The zero-order chi connectivity index (χ0) is 16.6. The SMILES string of the molecule is COc1ccc(OC)c(S(=O)(=O)N(CCC#N)CCC#N)c1. The second-order valence-electron chi connectivity index (χ2n) is 4.24. The first-order valence-electron chi connectivity index (χ1n) is 6.47. The van der Waals surface area contributed by atoms with E-state index < -0.39 is 10.0 Å². The quantitative estimate of drug-likeness (QED) is 0.718. The van der Waals surface area contributed by atoms with Crippen LogP contribution in [-0.2, 0) is 10.0 Å². The predicted molar refractivity (Wildman–Crippen MR) is 78.8 cm³/mol. The Hall–Kier alpha value is -2.29. The van der Waals surface area contributed by atoms with Crippen molar-refractivity contribution in [2.24, 2.45) is 0 Å². The zero-order valence-electron chi connectivity index (χ0n) is 12.4. The van der Waals surface area contributed by atoms with Crippen molar-refractivity contribution >= 4 is 10.0 Å². The fraction of sp³-hybridized carbons (Fsp3) is 0.429. The lowest BCUT2D eigenvalue weighted by atomic mass is 10.3. The van der Waals surface area contributed by atoms with Crippen LogP contribution in [0.5, 0.6) is 11.5 Å². The molecule has 1 aromatic carbocycles. The van der Waals surface area contributed by atoms with Crippen LogP contribution in [0.1, 0.15) is 12.8 Å². The van der Waals surface area contributed by atoms with Crippen LogP contribution in [0, 0.1) is 22.7 Å². The number of sulfonamides is 1. The van der Waals surface area contributed by atoms with Gasteiger partial charge in [0.05, 0.1) is 26.4 Å². The van der Waals surface area contributed by atoms with Crippen LogP contribution in [0.15, 0.2) is 23.1 Å². The maximum atomic E-state index is 12.8. The molecule has 0 aliphatic heterocycles. The summed E-state index contributed by atoms with van der Waals surface area (Å²) in [7, 11) is -1.09. The van der Waals surface area contributed by atoms with Gasteiger partial charge in [-0.15, -0.1) is 0 Å². The van der Waals surface area contributed by atoms with Gasteiger partial charge < -0.3 is 9.47 Å². The second-order valence-corrected chi connectivity index (χ2v) is 6.14. The monoisotopic (exact) mass is 323 g/mol. The van der Waals surface area contributed by atoms with Gasteiger partial charge in [-0.25, -0.2) is 8.42 Å². The van der Waals surface area contributed by atoms with Crippen LogP contribution in [0.25, 0.3) is 0 Å². The van der Waals surface area contributed by atoms with Crippen LogP contribution in [0.3, 0.4) is 0 Å². The normalized spacial score (nSPS) is 10.8. The first-order valence-corrected chi connectivity index (χ1v) is 7.91. The van der Waals surface area contributed by atoms with E-state index in [1.54, 1.807) is 6.07 Å². The Morgan fingerprint density at radius 3 is 2.14 bits per heavy atom. The van der Waals surface area contributed by atoms with Crippen molar-refractivity contribution in [2.75, 3.05) is 27.3 Å². The molecular formula is C14H17N3O4S. The minimum atomic E-state index is -3.89. The second kappa shape index (κ2) is 8.23. The summed E-state index contributed by atoms with van der Waals surface area (Å²) < 4.78 is 36.8. The van der Waals surface area contributed by atoms with Gasteiger partial charge in [0.2, 0.25) is 10.0 Å². The first-order chi connectivity index (χ1) is 10.5. The summed E-state index contributed by atoms with van der Waals surface area (Å²) in [6.45, 7) is 0.0295. The Balaban J connectivity index is 3.29. The fourth-order valence-corrected chi connectivity index (χ4v) is 3.44. The molecule has 1 aromatic rings. The highest BCUT2D eigenvalue weighted by atomic mass is 32.2. The lowest BCUT2D eigenvalue weighted by molar-refractivity contribution is 0.384. The van der Waals surface area contributed by atoms with E-state index in [4.69, 9.17) is 20.0 Å². The highest BCUT2D eigenvalue weighted by molar-refractivity contribution is 7.89. The van der Waals surface area contributed by atoms with Gasteiger partial charge in [0, 0.05) is 32.0 Å². The van der Waals surface area contributed by atoms with Crippen molar-refractivity contribution in [3.63, 3.8) is 0 Å². The van der Waals surface area contributed by atoms with Crippen LogP contribution >= 0.6 is 0 Å². The Bertz CT molecular complexity index is 671. The molecule has 118 valence electrons. The van der Waals surface area contributed by atoms with Gasteiger partial charge in [0.15, 0.2) is 0 Å². The molecule has 7 nitrogen and oxygen atoms in total. The number of hydrogen-bond donors (Lipinski definition) is 0. The molecule has 8 heteroatoms. The number of methoxy groups -OCH3 is 2. The molecule has 22 heavy (non-hydrogen) atoms. The summed E-state index contributed by atoms with van der Waals surface area (Å²) >= 11 is 0. The molecular weight excluding hydrogens is 306 g/mol. The van der Waals surface area contributed by atoms with E-state index in [0.717, 1.165) is 4.31 Å². The summed E-state index contributed by atoms with van der Waals surface area (Å²) in [4.78, 5) is -0.0507. The van der Waals surface area contributed by atoms with Crippen molar-refractivity contribution in [2.45, 2.75) is 17.7 Å². The molecule has 0 atom stereocenters. The minimum absolute atomic E-state index is 0.0148. The number of rotatable bonds is 8.